The largest absolute Gasteiger partial charge is 0.397 e. The number of amides is 2. The summed E-state index contributed by atoms with van der Waals surface area (Å²) in [4.78, 5) is 28.1. The molecule has 2 aromatic rings. The van der Waals surface area contributed by atoms with Gasteiger partial charge < -0.3 is 22.5 Å². The van der Waals surface area contributed by atoms with Crippen molar-refractivity contribution in [3.8, 4) is 0 Å². The molecule has 132 valence electrons. The van der Waals surface area contributed by atoms with Crippen molar-refractivity contribution in [3.05, 3.63) is 64.7 Å². The average Bonchev–Trinajstić information content (AvgIpc) is 2.99. The zero-order chi connectivity index (χ0) is 18.8. The van der Waals surface area contributed by atoms with Gasteiger partial charge in [0.05, 0.1) is 17.8 Å². The molecule has 7 nitrogen and oxygen atoms in total. The van der Waals surface area contributed by atoms with Gasteiger partial charge in [-0.3, -0.25) is 9.59 Å². The summed E-state index contributed by atoms with van der Waals surface area (Å²) in [5.41, 5.74) is 21.2. The minimum Gasteiger partial charge on any atom is -0.397 e. The molecule has 2 aromatic carbocycles. The molecule has 1 aliphatic heterocycles. The van der Waals surface area contributed by atoms with E-state index in [1.165, 1.54) is 0 Å². The van der Waals surface area contributed by atoms with Gasteiger partial charge in [0.15, 0.2) is 0 Å². The van der Waals surface area contributed by atoms with Crippen LogP contribution in [0.5, 0.6) is 0 Å². The Morgan fingerprint density at radius 1 is 1.08 bits per heavy atom. The first-order chi connectivity index (χ1) is 12.4. The number of nitrogens with zero attached hydrogens (tertiary/aromatic N) is 1. The van der Waals surface area contributed by atoms with Crippen LogP contribution < -0.4 is 22.5 Å². The number of carbonyl (C=O) groups is 2. The lowest BCUT2D eigenvalue weighted by Crippen LogP contribution is -2.29. The Balaban J connectivity index is 2.13. The molecule has 0 bridgehead atoms. The van der Waals surface area contributed by atoms with E-state index >= 15 is 0 Å². The summed E-state index contributed by atoms with van der Waals surface area (Å²) in [6, 6.07) is 12.6. The van der Waals surface area contributed by atoms with E-state index in [0.717, 1.165) is 11.1 Å². The van der Waals surface area contributed by atoms with Crippen molar-refractivity contribution >= 4 is 34.7 Å². The molecule has 3 rings (SSSR count). The Morgan fingerprint density at radius 3 is 2.42 bits per heavy atom. The van der Waals surface area contributed by atoms with Crippen molar-refractivity contribution in [3.63, 3.8) is 0 Å². The fraction of sp³-hybridized carbons (Fsp3) is 0.105. The van der Waals surface area contributed by atoms with Crippen LogP contribution in [0, 0.1) is 6.92 Å². The van der Waals surface area contributed by atoms with Crippen LogP contribution in [0.3, 0.4) is 0 Å². The second kappa shape index (κ2) is 6.72. The number of anilines is 1. The van der Waals surface area contributed by atoms with E-state index in [1.54, 1.807) is 24.3 Å². The third-order valence-electron chi connectivity index (χ3n) is 4.18. The topological polar surface area (TPSA) is 137 Å². The lowest BCUT2D eigenvalue weighted by Gasteiger charge is -2.11. The lowest BCUT2D eigenvalue weighted by atomic mass is 10.0. The second-order valence-electron chi connectivity index (χ2n) is 6.00. The number of fused-ring (bicyclic) bond motifs is 1. The maximum Gasteiger partial charge on any atom is 0.254 e. The van der Waals surface area contributed by atoms with Crippen LogP contribution in [0.15, 0.2) is 53.0 Å². The summed E-state index contributed by atoms with van der Waals surface area (Å²) in [5.74, 6) is -0.975. The van der Waals surface area contributed by atoms with Crippen molar-refractivity contribution in [1.82, 2.24) is 0 Å². The monoisotopic (exact) mass is 349 g/mol. The van der Waals surface area contributed by atoms with Gasteiger partial charge in [-0.25, -0.2) is 4.99 Å². The molecule has 0 saturated carbocycles. The molecule has 1 aliphatic rings. The minimum atomic E-state index is -0.771. The summed E-state index contributed by atoms with van der Waals surface area (Å²) >= 11 is 0. The number of aliphatic imine (C=N–C) groups is 1. The molecular formula is C19H19N5O2. The first-order valence-electron chi connectivity index (χ1n) is 8.00. The Morgan fingerprint density at radius 2 is 1.77 bits per heavy atom. The highest BCUT2D eigenvalue weighted by molar-refractivity contribution is 6.25. The van der Waals surface area contributed by atoms with Crippen molar-refractivity contribution in [2.75, 3.05) is 5.32 Å². The van der Waals surface area contributed by atoms with Crippen molar-refractivity contribution in [2.45, 2.75) is 13.3 Å². The molecule has 1 heterocycles. The number of hydrogen-bond donors (Lipinski definition) is 4. The third-order valence-corrected chi connectivity index (χ3v) is 4.18. The first-order valence-corrected chi connectivity index (χ1v) is 8.00. The van der Waals surface area contributed by atoms with Gasteiger partial charge in [-0.1, -0.05) is 36.4 Å². The summed E-state index contributed by atoms with van der Waals surface area (Å²) in [6.07, 6.45) is 0.201. The number of primary amides is 1. The van der Waals surface area contributed by atoms with Gasteiger partial charge >= 0.3 is 0 Å². The van der Waals surface area contributed by atoms with Gasteiger partial charge in [0.2, 0.25) is 5.91 Å². The van der Waals surface area contributed by atoms with Crippen LogP contribution in [0.25, 0.3) is 5.70 Å². The van der Waals surface area contributed by atoms with Crippen LogP contribution >= 0.6 is 0 Å². The summed E-state index contributed by atoms with van der Waals surface area (Å²) < 4.78 is 0. The smallest absolute Gasteiger partial charge is 0.254 e. The molecule has 0 spiro atoms. The normalized spacial score (nSPS) is 14.5. The van der Waals surface area contributed by atoms with Crippen LogP contribution in [0.4, 0.5) is 11.4 Å². The summed E-state index contributed by atoms with van der Waals surface area (Å²) in [6.45, 7) is 1.85. The Bertz CT molecular complexity index is 961. The molecule has 0 fully saturated rings. The highest BCUT2D eigenvalue weighted by Gasteiger charge is 2.23. The highest BCUT2D eigenvalue weighted by Crippen LogP contribution is 2.35. The fourth-order valence-electron chi connectivity index (χ4n) is 2.90. The number of nitrogens with one attached hydrogen (secondary N) is 1. The quantitative estimate of drug-likeness (QED) is 0.376. The molecule has 7 N–H and O–H groups in total. The number of nitrogens with two attached hydrogens (primary N) is 3. The number of amidine groups is 1. The summed E-state index contributed by atoms with van der Waals surface area (Å²) in [5, 5.41) is 2.76. The van der Waals surface area contributed by atoms with E-state index in [-0.39, 0.29) is 29.4 Å². The van der Waals surface area contributed by atoms with Crippen LogP contribution in [-0.2, 0) is 16.0 Å². The lowest BCUT2D eigenvalue weighted by molar-refractivity contribution is -0.115. The number of aryl methyl sites for hydroxylation is 1. The van der Waals surface area contributed by atoms with Gasteiger partial charge in [0.1, 0.15) is 11.4 Å². The first kappa shape index (κ1) is 17.2. The fourth-order valence-corrected chi connectivity index (χ4v) is 2.90. The van der Waals surface area contributed by atoms with E-state index in [4.69, 9.17) is 17.2 Å². The van der Waals surface area contributed by atoms with Gasteiger partial charge in [0, 0.05) is 11.3 Å². The van der Waals surface area contributed by atoms with Crippen molar-refractivity contribution < 1.29 is 9.59 Å². The number of hydrogen-bond acceptors (Lipinski definition) is 4. The second-order valence-corrected chi connectivity index (χ2v) is 6.00. The number of rotatable bonds is 4. The average molecular weight is 349 g/mol. The van der Waals surface area contributed by atoms with Crippen LogP contribution in [-0.4, -0.2) is 17.6 Å². The van der Waals surface area contributed by atoms with Gasteiger partial charge in [-0.15, -0.1) is 0 Å². The molecule has 0 saturated heterocycles. The van der Waals surface area contributed by atoms with Gasteiger partial charge in [-0.2, -0.15) is 0 Å². The zero-order valence-corrected chi connectivity index (χ0v) is 14.2. The van der Waals surface area contributed by atoms with E-state index in [0.29, 0.717) is 16.9 Å². The van der Waals surface area contributed by atoms with Crippen LogP contribution in [0.1, 0.15) is 16.7 Å². The van der Waals surface area contributed by atoms with Crippen molar-refractivity contribution in [1.29, 1.82) is 0 Å². The molecule has 26 heavy (non-hydrogen) atoms. The SMILES string of the molecule is Cc1ccc2c(c1N=C(N)/C(C(N)=O)=C(\N)c1ccccc1)CC(=O)N2. The molecule has 0 aliphatic carbocycles. The number of carbonyl (C=O) groups excluding carboxylic acids is 2. The summed E-state index contributed by atoms with van der Waals surface area (Å²) in [7, 11) is 0. The maximum absolute atomic E-state index is 12.0. The standard InChI is InChI=1S/C19H19N5O2/c1-10-7-8-13-12(9-14(25)23-13)17(10)24-18(21)15(19(22)26)16(20)11-5-3-2-4-6-11/h2-8H,9,20H2,1H3,(H2,21,24)(H2,22,26)(H,23,25)/b16-15+. The van der Waals surface area contributed by atoms with E-state index < -0.39 is 5.91 Å². The van der Waals surface area contributed by atoms with Crippen LogP contribution in [0.2, 0.25) is 0 Å². The van der Waals surface area contributed by atoms with E-state index in [9.17, 15) is 9.59 Å². The Hall–Kier alpha value is -3.61. The molecule has 7 heteroatoms. The predicted octanol–water partition coefficient (Wildman–Crippen LogP) is 1.33. The van der Waals surface area contributed by atoms with Gasteiger partial charge in [0.25, 0.3) is 5.91 Å². The Labute approximate surface area is 150 Å². The molecule has 0 atom stereocenters. The van der Waals surface area contributed by atoms with E-state index in [2.05, 4.69) is 10.3 Å². The van der Waals surface area contributed by atoms with E-state index in [1.807, 2.05) is 25.1 Å². The Kier molecular flexibility index (Phi) is 4.45. The zero-order valence-electron chi connectivity index (χ0n) is 14.2. The molecule has 2 amide bonds. The van der Waals surface area contributed by atoms with Crippen molar-refractivity contribution in [2.24, 2.45) is 22.2 Å². The molecule has 0 aromatic heterocycles. The molecular weight excluding hydrogens is 330 g/mol. The highest BCUT2D eigenvalue weighted by atomic mass is 16.2. The third kappa shape index (κ3) is 3.14. The number of benzene rings is 2. The van der Waals surface area contributed by atoms with Gasteiger partial charge in [-0.05, 0) is 24.1 Å². The molecule has 0 unspecified atom stereocenters. The maximum atomic E-state index is 12.0. The molecule has 0 radical (unpaired) electrons. The minimum absolute atomic E-state index is 0.0505. The predicted molar refractivity (Wildman–Crippen MR) is 102 cm³/mol.